The number of nitrogens with zero attached hydrogens (tertiary/aromatic N) is 2. The van der Waals surface area contributed by atoms with Gasteiger partial charge in [-0.3, -0.25) is 9.71 Å². The van der Waals surface area contributed by atoms with Crippen LogP contribution in [0.2, 0.25) is 5.02 Å². The van der Waals surface area contributed by atoms with Gasteiger partial charge in [0.15, 0.2) is 0 Å². The van der Waals surface area contributed by atoms with Crippen molar-refractivity contribution in [1.82, 2.24) is 9.97 Å². The Hall–Kier alpha value is -1.18. The molecule has 2 aromatic heterocycles. The quantitative estimate of drug-likeness (QED) is 0.852. The molecule has 19 heavy (non-hydrogen) atoms. The summed E-state index contributed by atoms with van der Waals surface area (Å²) in [5, 5.41) is 0.116. The normalized spacial score (nSPS) is 11.3. The Bertz CT molecular complexity index is 722. The SMILES string of the molecule is Cc1nc(Br)ccc1NS(=O)(=O)c1cnccc1Cl. The van der Waals surface area contributed by atoms with Crippen molar-refractivity contribution < 1.29 is 8.42 Å². The molecule has 0 atom stereocenters. The predicted octanol–water partition coefficient (Wildman–Crippen LogP) is 3.00. The van der Waals surface area contributed by atoms with E-state index in [4.69, 9.17) is 11.6 Å². The lowest BCUT2D eigenvalue weighted by atomic mass is 10.3. The monoisotopic (exact) mass is 361 g/mol. The zero-order valence-electron chi connectivity index (χ0n) is 9.76. The molecular weight excluding hydrogens is 354 g/mol. The maximum absolute atomic E-state index is 12.2. The summed E-state index contributed by atoms with van der Waals surface area (Å²) in [7, 11) is -3.78. The second kappa shape index (κ2) is 5.44. The number of rotatable bonds is 3. The summed E-state index contributed by atoms with van der Waals surface area (Å²) in [6.45, 7) is 1.70. The fraction of sp³-hybridized carbons (Fsp3) is 0.0909. The summed E-state index contributed by atoms with van der Waals surface area (Å²) in [5.41, 5.74) is 0.945. The van der Waals surface area contributed by atoms with Gasteiger partial charge in [0, 0.05) is 12.4 Å². The van der Waals surface area contributed by atoms with Gasteiger partial charge in [-0.05, 0) is 41.1 Å². The Morgan fingerprint density at radius 1 is 1.32 bits per heavy atom. The average molecular weight is 363 g/mol. The van der Waals surface area contributed by atoms with Crippen molar-refractivity contribution in [2.75, 3.05) is 4.72 Å². The molecule has 0 saturated heterocycles. The lowest BCUT2D eigenvalue weighted by molar-refractivity contribution is 0.601. The average Bonchev–Trinajstić information content (AvgIpc) is 2.33. The summed E-state index contributed by atoms with van der Waals surface area (Å²) < 4.78 is 27.4. The third-order valence-corrected chi connectivity index (χ3v) is 4.60. The van der Waals surface area contributed by atoms with E-state index in [1.165, 1.54) is 18.5 Å². The zero-order chi connectivity index (χ0) is 14.0. The first-order valence-electron chi connectivity index (χ1n) is 5.15. The smallest absolute Gasteiger partial charge is 0.264 e. The number of anilines is 1. The highest BCUT2D eigenvalue weighted by atomic mass is 79.9. The minimum atomic E-state index is -3.78. The van der Waals surface area contributed by atoms with Crippen molar-refractivity contribution in [2.24, 2.45) is 0 Å². The van der Waals surface area contributed by atoms with Gasteiger partial charge in [0.05, 0.1) is 16.4 Å². The van der Waals surface area contributed by atoms with E-state index in [0.717, 1.165) is 0 Å². The maximum Gasteiger partial charge on any atom is 0.264 e. The molecule has 100 valence electrons. The van der Waals surface area contributed by atoms with Crippen molar-refractivity contribution in [3.8, 4) is 0 Å². The van der Waals surface area contributed by atoms with Crippen LogP contribution in [0.3, 0.4) is 0 Å². The van der Waals surface area contributed by atoms with E-state index in [9.17, 15) is 8.42 Å². The van der Waals surface area contributed by atoms with Gasteiger partial charge in [-0.25, -0.2) is 13.4 Å². The summed E-state index contributed by atoms with van der Waals surface area (Å²) in [6, 6.07) is 4.69. The fourth-order valence-electron chi connectivity index (χ4n) is 1.40. The largest absolute Gasteiger partial charge is 0.278 e. The minimum absolute atomic E-state index is 0.0704. The third kappa shape index (κ3) is 3.23. The van der Waals surface area contributed by atoms with Crippen LogP contribution in [0, 0.1) is 6.92 Å². The molecule has 1 N–H and O–H groups in total. The van der Waals surface area contributed by atoms with Crippen molar-refractivity contribution in [3.05, 3.63) is 45.9 Å². The van der Waals surface area contributed by atoms with Crippen molar-refractivity contribution in [1.29, 1.82) is 0 Å². The number of pyridine rings is 2. The second-order valence-corrected chi connectivity index (χ2v) is 6.55. The topological polar surface area (TPSA) is 72.0 Å². The van der Waals surface area contributed by atoms with Crippen LogP contribution in [0.1, 0.15) is 5.69 Å². The van der Waals surface area contributed by atoms with E-state index in [1.54, 1.807) is 19.1 Å². The van der Waals surface area contributed by atoms with E-state index in [-0.39, 0.29) is 9.92 Å². The molecule has 0 aliphatic carbocycles. The summed E-state index contributed by atoms with van der Waals surface area (Å²) in [6.07, 6.45) is 2.63. The molecule has 0 amide bonds. The molecule has 8 heteroatoms. The van der Waals surface area contributed by atoms with Crippen molar-refractivity contribution >= 4 is 43.2 Å². The summed E-state index contributed by atoms with van der Waals surface area (Å²) in [5.74, 6) is 0. The molecule has 0 spiro atoms. The summed E-state index contributed by atoms with van der Waals surface area (Å²) in [4.78, 5) is 7.81. The van der Waals surface area contributed by atoms with E-state index in [0.29, 0.717) is 16.0 Å². The van der Waals surface area contributed by atoms with Crippen molar-refractivity contribution in [3.63, 3.8) is 0 Å². The van der Waals surface area contributed by atoms with E-state index >= 15 is 0 Å². The molecule has 5 nitrogen and oxygen atoms in total. The number of aromatic nitrogens is 2. The van der Waals surface area contributed by atoms with Gasteiger partial charge in [-0.2, -0.15) is 0 Å². The molecule has 0 fully saturated rings. The highest BCUT2D eigenvalue weighted by molar-refractivity contribution is 9.10. The Kier molecular flexibility index (Phi) is 4.07. The molecule has 0 unspecified atom stereocenters. The first kappa shape index (κ1) is 14.2. The number of hydrogen-bond donors (Lipinski definition) is 1. The molecular formula is C11H9BrClN3O2S. The standard InChI is InChI=1S/C11H9BrClN3O2S/c1-7-9(2-3-11(12)15-7)16-19(17,18)10-6-14-5-4-8(10)13/h2-6,16H,1H3. The fourth-order valence-corrected chi connectivity index (χ4v) is 3.35. The van der Waals surface area contributed by atoms with Gasteiger partial charge in [0.2, 0.25) is 0 Å². The lowest BCUT2D eigenvalue weighted by Gasteiger charge is -2.10. The van der Waals surface area contributed by atoms with Crippen LogP contribution >= 0.6 is 27.5 Å². The van der Waals surface area contributed by atoms with Gasteiger partial charge in [-0.1, -0.05) is 11.6 Å². The first-order valence-corrected chi connectivity index (χ1v) is 7.81. The predicted molar refractivity (Wildman–Crippen MR) is 76.7 cm³/mol. The molecule has 0 aliphatic heterocycles. The number of nitrogens with one attached hydrogen (secondary N) is 1. The van der Waals surface area contributed by atoms with Gasteiger partial charge in [0.25, 0.3) is 10.0 Å². The lowest BCUT2D eigenvalue weighted by Crippen LogP contribution is -2.15. The van der Waals surface area contributed by atoms with Crippen LogP contribution in [0.4, 0.5) is 5.69 Å². The highest BCUT2D eigenvalue weighted by Crippen LogP contribution is 2.24. The number of hydrogen-bond acceptors (Lipinski definition) is 4. The Labute approximate surface area is 124 Å². The van der Waals surface area contributed by atoms with Crippen LogP contribution in [-0.2, 0) is 10.0 Å². The highest BCUT2D eigenvalue weighted by Gasteiger charge is 2.19. The third-order valence-electron chi connectivity index (χ3n) is 2.32. The first-order chi connectivity index (χ1) is 8.90. The van der Waals surface area contributed by atoms with Crippen molar-refractivity contribution in [2.45, 2.75) is 11.8 Å². The number of sulfonamides is 1. The Morgan fingerprint density at radius 2 is 2.05 bits per heavy atom. The van der Waals surface area contributed by atoms with Gasteiger partial charge in [0.1, 0.15) is 9.50 Å². The van der Waals surface area contributed by atoms with Crippen LogP contribution in [0.15, 0.2) is 40.1 Å². The molecule has 0 saturated carbocycles. The molecule has 0 bridgehead atoms. The Balaban J connectivity index is 2.40. The Morgan fingerprint density at radius 3 is 2.68 bits per heavy atom. The van der Waals surface area contributed by atoms with Gasteiger partial charge < -0.3 is 0 Å². The van der Waals surface area contributed by atoms with Crippen LogP contribution in [0.25, 0.3) is 0 Å². The molecule has 0 aliphatic rings. The molecule has 0 aromatic carbocycles. The van der Waals surface area contributed by atoms with E-state index in [2.05, 4.69) is 30.6 Å². The molecule has 2 heterocycles. The number of aryl methyl sites for hydroxylation is 1. The minimum Gasteiger partial charge on any atom is -0.278 e. The van der Waals surface area contributed by atoms with Gasteiger partial charge in [-0.15, -0.1) is 0 Å². The van der Waals surface area contributed by atoms with Crippen LogP contribution in [0.5, 0.6) is 0 Å². The second-order valence-electron chi connectivity index (χ2n) is 3.68. The van der Waals surface area contributed by atoms with Gasteiger partial charge >= 0.3 is 0 Å². The summed E-state index contributed by atoms with van der Waals surface area (Å²) >= 11 is 9.07. The number of halogens is 2. The zero-order valence-corrected chi connectivity index (χ0v) is 12.9. The molecule has 2 aromatic rings. The van der Waals surface area contributed by atoms with Crippen LogP contribution < -0.4 is 4.72 Å². The van der Waals surface area contributed by atoms with Crippen LogP contribution in [-0.4, -0.2) is 18.4 Å². The molecule has 0 radical (unpaired) electrons. The van der Waals surface area contributed by atoms with E-state index < -0.39 is 10.0 Å². The molecule has 2 rings (SSSR count). The van der Waals surface area contributed by atoms with E-state index in [1.807, 2.05) is 0 Å². The maximum atomic E-state index is 12.2.